The Bertz CT molecular complexity index is 588. The van der Waals surface area contributed by atoms with Crippen molar-refractivity contribution >= 4 is 45.6 Å². The zero-order chi connectivity index (χ0) is 16.6. The molecule has 132 valence electrons. The number of nitrogens with one attached hydrogen (secondary N) is 2. The summed E-state index contributed by atoms with van der Waals surface area (Å²) >= 11 is 0. The van der Waals surface area contributed by atoms with E-state index < -0.39 is 10.0 Å². The van der Waals surface area contributed by atoms with Gasteiger partial charge in [-0.15, -0.1) is 24.0 Å². The molecule has 0 aliphatic rings. The summed E-state index contributed by atoms with van der Waals surface area (Å²) in [5.41, 5.74) is 7.99. The van der Waals surface area contributed by atoms with Gasteiger partial charge in [-0.05, 0) is 36.5 Å². The summed E-state index contributed by atoms with van der Waals surface area (Å²) in [5.74, 6) is 0.873. The number of nitrogens with two attached hydrogens (primary N) is 1. The molecule has 0 aromatic heterocycles. The molecule has 1 rings (SSSR count). The number of nitrogens with zero attached hydrogens (tertiary/aromatic N) is 1. The Hall–Kier alpha value is -0.870. The molecule has 0 aliphatic heterocycles. The smallest absolute Gasteiger partial charge is 0.208 e. The highest BCUT2D eigenvalue weighted by Gasteiger charge is 2.03. The largest absolute Gasteiger partial charge is 0.370 e. The quantitative estimate of drug-likeness (QED) is 0.243. The lowest BCUT2D eigenvalue weighted by molar-refractivity contribution is 0.586. The Kier molecular flexibility index (Phi) is 10.4. The van der Waals surface area contributed by atoms with E-state index >= 15 is 0 Å². The average molecular weight is 454 g/mol. The van der Waals surface area contributed by atoms with Gasteiger partial charge in [-0.3, -0.25) is 4.99 Å². The molecule has 1 aromatic rings. The molecule has 0 amide bonds. The van der Waals surface area contributed by atoms with Gasteiger partial charge in [-0.1, -0.05) is 26.0 Å². The van der Waals surface area contributed by atoms with Gasteiger partial charge in [-0.2, -0.15) is 0 Å². The number of rotatable bonds is 8. The van der Waals surface area contributed by atoms with Crippen LogP contribution in [0, 0.1) is 0 Å². The first-order chi connectivity index (χ1) is 10.3. The normalized spacial score (nSPS) is 13.3. The number of halogens is 1. The van der Waals surface area contributed by atoms with Crippen molar-refractivity contribution in [2.75, 3.05) is 24.7 Å². The van der Waals surface area contributed by atoms with Crippen molar-refractivity contribution in [2.24, 2.45) is 10.7 Å². The van der Waals surface area contributed by atoms with Crippen molar-refractivity contribution in [3.63, 3.8) is 0 Å². The van der Waals surface area contributed by atoms with Crippen molar-refractivity contribution in [1.82, 2.24) is 4.72 Å². The van der Waals surface area contributed by atoms with E-state index in [9.17, 15) is 8.42 Å². The topological polar surface area (TPSA) is 96.6 Å². The van der Waals surface area contributed by atoms with Crippen LogP contribution in [0.3, 0.4) is 0 Å². The molecule has 0 saturated heterocycles. The first-order valence-electron chi connectivity index (χ1n) is 7.43. The molecule has 0 saturated carbocycles. The second-order valence-electron chi connectivity index (χ2n) is 5.34. The Morgan fingerprint density at radius 3 is 2.43 bits per heavy atom. The van der Waals surface area contributed by atoms with Crippen LogP contribution in [0.15, 0.2) is 29.3 Å². The van der Waals surface area contributed by atoms with Gasteiger partial charge < -0.3 is 11.1 Å². The molecule has 0 bridgehead atoms. The lowest BCUT2D eigenvalue weighted by Gasteiger charge is -2.10. The van der Waals surface area contributed by atoms with Crippen LogP contribution >= 0.6 is 24.0 Å². The van der Waals surface area contributed by atoms with E-state index in [1.165, 1.54) is 5.56 Å². The summed E-state index contributed by atoms with van der Waals surface area (Å²) in [7, 11) is -3.13. The maximum Gasteiger partial charge on any atom is 0.208 e. The fourth-order valence-electron chi connectivity index (χ4n) is 1.85. The summed E-state index contributed by atoms with van der Waals surface area (Å²) in [6.45, 7) is 5.19. The number of aliphatic imine (C=N–C) groups is 1. The van der Waals surface area contributed by atoms with Gasteiger partial charge in [0.1, 0.15) is 0 Å². The van der Waals surface area contributed by atoms with Gasteiger partial charge >= 0.3 is 0 Å². The van der Waals surface area contributed by atoms with E-state index in [1.807, 2.05) is 12.1 Å². The number of hydrogen-bond acceptors (Lipinski definition) is 3. The number of sulfonamides is 1. The molecule has 0 spiro atoms. The summed E-state index contributed by atoms with van der Waals surface area (Å²) < 4.78 is 24.2. The van der Waals surface area contributed by atoms with Crippen molar-refractivity contribution in [3.05, 3.63) is 29.8 Å². The first-order valence-corrected chi connectivity index (χ1v) is 9.32. The number of guanidine groups is 1. The van der Waals surface area contributed by atoms with Crippen molar-refractivity contribution in [3.8, 4) is 0 Å². The second-order valence-corrected chi connectivity index (χ2v) is 7.18. The standard InChI is InChI=1S/C15H26N4O2S.HI/c1-4-12(2)13-6-8-14(9-7-13)19-15(16)17-10-5-11-18-22(3,20)21;/h6-9,12,18H,4-5,10-11H2,1-3H3,(H3,16,17,19);1H. The minimum Gasteiger partial charge on any atom is -0.370 e. The third kappa shape index (κ3) is 9.77. The summed E-state index contributed by atoms with van der Waals surface area (Å²) in [4.78, 5) is 4.16. The van der Waals surface area contributed by atoms with E-state index in [1.54, 1.807) is 0 Å². The molecule has 0 fully saturated rings. The Morgan fingerprint density at radius 2 is 1.91 bits per heavy atom. The summed E-state index contributed by atoms with van der Waals surface area (Å²) in [6.07, 6.45) is 2.84. The fraction of sp³-hybridized carbons (Fsp3) is 0.533. The SMILES string of the molecule is CCC(C)c1ccc(NC(N)=NCCCNS(C)(=O)=O)cc1.I. The van der Waals surface area contributed by atoms with Crippen molar-refractivity contribution in [2.45, 2.75) is 32.6 Å². The highest BCUT2D eigenvalue weighted by atomic mass is 127. The van der Waals surface area contributed by atoms with Gasteiger partial charge in [0.15, 0.2) is 5.96 Å². The molecule has 4 N–H and O–H groups in total. The molecule has 1 aromatic carbocycles. The molecule has 1 atom stereocenters. The molecule has 23 heavy (non-hydrogen) atoms. The minimum atomic E-state index is -3.13. The molecule has 8 heteroatoms. The molecule has 0 radical (unpaired) electrons. The predicted molar refractivity (Wildman–Crippen MR) is 108 cm³/mol. The Morgan fingerprint density at radius 1 is 1.30 bits per heavy atom. The van der Waals surface area contributed by atoms with Gasteiger partial charge in [0.2, 0.25) is 10.0 Å². The minimum absolute atomic E-state index is 0. The van der Waals surface area contributed by atoms with E-state index in [-0.39, 0.29) is 24.0 Å². The van der Waals surface area contributed by atoms with Gasteiger partial charge in [0.05, 0.1) is 6.26 Å². The molecule has 1 unspecified atom stereocenters. The van der Waals surface area contributed by atoms with Gasteiger partial charge in [0.25, 0.3) is 0 Å². The molecular formula is C15H27IN4O2S. The number of benzene rings is 1. The third-order valence-corrected chi connectivity index (χ3v) is 4.07. The predicted octanol–water partition coefficient (Wildman–Crippen LogP) is 2.48. The van der Waals surface area contributed by atoms with E-state index in [4.69, 9.17) is 5.73 Å². The van der Waals surface area contributed by atoms with Crippen LogP contribution in [0.1, 0.15) is 38.2 Å². The first kappa shape index (κ1) is 22.1. The Balaban J connectivity index is 0.00000484. The van der Waals surface area contributed by atoms with E-state index in [0.29, 0.717) is 31.4 Å². The fourth-order valence-corrected chi connectivity index (χ4v) is 2.37. The lowest BCUT2D eigenvalue weighted by Crippen LogP contribution is -2.25. The van der Waals surface area contributed by atoms with Crippen molar-refractivity contribution < 1.29 is 8.42 Å². The van der Waals surface area contributed by atoms with Crippen molar-refractivity contribution in [1.29, 1.82) is 0 Å². The van der Waals surface area contributed by atoms with E-state index in [0.717, 1.165) is 18.4 Å². The maximum absolute atomic E-state index is 10.9. The van der Waals surface area contributed by atoms with Crippen LogP contribution in [0.4, 0.5) is 5.69 Å². The number of anilines is 1. The van der Waals surface area contributed by atoms with Crippen LogP contribution in [-0.2, 0) is 10.0 Å². The molecular weight excluding hydrogens is 427 g/mol. The highest BCUT2D eigenvalue weighted by Crippen LogP contribution is 2.20. The zero-order valence-electron chi connectivity index (χ0n) is 13.9. The maximum atomic E-state index is 10.9. The van der Waals surface area contributed by atoms with Crippen LogP contribution < -0.4 is 15.8 Å². The molecule has 0 heterocycles. The number of hydrogen-bond donors (Lipinski definition) is 3. The van der Waals surface area contributed by atoms with Crippen LogP contribution in [0.2, 0.25) is 0 Å². The highest BCUT2D eigenvalue weighted by molar-refractivity contribution is 14.0. The third-order valence-electron chi connectivity index (χ3n) is 3.35. The van der Waals surface area contributed by atoms with Crippen LogP contribution in [0.25, 0.3) is 0 Å². The summed E-state index contributed by atoms with van der Waals surface area (Å²) in [6, 6.07) is 8.13. The van der Waals surface area contributed by atoms with Crippen LogP contribution in [0.5, 0.6) is 0 Å². The second kappa shape index (κ2) is 10.8. The zero-order valence-corrected chi connectivity index (χ0v) is 17.0. The average Bonchev–Trinajstić information content (AvgIpc) is 2.45. The summed E-state index contributed by atoms with van der Waals surface area (Å²) in [5, 5.41) is 3.02. The van der Waals surface area contributed by atoms with Gasteiger partial charge in [-0.25, -0.2) is 13.1 Å². The molecule has 0 aliphatic carbocycles. The van der Waals surface area contributed by atoms with E-state index in [2.05, 4.69) is 41.0 Å². The monoisotopic (exact) mass is 454 g/mol. The molecule has 6 nitrogen and oxygen atoms in total. The Labute approximate surface area is 156 Å². The van der Waals surface area contributed by atoms with Crippen LogP contribution in [-0.4, -0.2) is 33.7 Å². The lowest BCUT2D eigenvalue weighted by atomic mass is 9.99. The van der Waals surface area contributed by atoms with Gasteiger partial charge in [0, 0.05) is 18.8 Å².